The second kappa shape index (κ2) is 8.53. The van der Waals surface area contributed by atoms with Gasteiger partial charge in [0, 0.05) is 18.9 Å². The Morgan fingerprint density at radius 1 is 0.964 bits per heavy atom. The molecule has 7 nitrogen and oxygen atoms in total. The molecule has 0 radical (unpaired) electrons. The van der Waals surface area contributed by atoms with Crippen molar-refractivity contribution >= 4 is 0 Å². The number of rotatable bonds is 8. The van der Waals surface area contributed by atoms with Crippen molar-refractivity contribution in [3.8, 4) is 0 Å². The molecule has 0 N–H and O–H groups in total. The number of tetrazole rings is 1. The Labute approximate surface area is 161 Å². The fraction of sp³-hybridized carbons (Fsp3) is 0.200. The zero-order valence-corrected chi connectivity index (χ0v) is 15.1. The summed E-state index contributed by atoms with van der Waals surface area (Å²) in [6, 6.07) is 14.1. The maximum Gasteiger partial charge on any atom is 0.165 e. The lowest BCUT2D eigenvalue weighted by atomic mass is 10.2. The summed E-state index contributed by atoms with van der Waals surface area (Å²) >= 11 is 0. The first-order chi connectivity index (χ1) is 13.8. The van der Waals surface area contributed by atoms with Crippen LogP contribution in [0.3, 0.4) is 0 Å². The normalized spacial score (nSPS) is 11.2. The molecule has 28 heavy (non-hydrogen) atoms. The van der Waals surface area contributed by atoms with Gasteiger partial charge in [-0.15, -0.1) is 5.10 Å². The van der Waals surface area contributed by atoms with E-state index in [1.165, 1.54) is 12.1 Å². The SMILES string of the molecule is Fc1ccc(Cn2nnnc2CN(Cc2cccnc2)Cc2ccco2)cc1. The van der Waals surface area contributed by atoms with E-state index in [1.807, 2.05) is 30.5 Å². The third-order valence-corrected chi connectivity index (χ3v) is 4.31. The average molecular weight is 378 g/mol. The Hall–Kier alpha value is -3.39. The number of nitrogens with zero attached hydrogens (tertiary/aromatic N) is 6. The van der Waals surface area contributed by atoms with E-state index in [1.54, 1.807) is 29.3 Å². The number of aromatic nitrogens is 5. The third kappa shape index (κ3) is 4.66. The monoisotopic (exact) mass is 378 g/mol. The lowest BCUT2D eigenvalue weighted by molar-refractivity contribution is 0.217. The topological polar surface area (TPSA) is 72.9 Å². The standard InChI is InChI=1S/C20H19FN6O/c21-18-7-5-16(6-8-18)13-27-20(23-24-25-27)15-26(14-19-4-2-10-28-19)12-17-3-1-9-22-11-17/h1-11H,12-15H2. The van der Waals surface area contributed by atoms with Crippen LogP contribution in [-0.2, 0) is 26.2 Å². The van der Waals surface area contributed by atoms with Crippen molar-refractivity contribution in [2.75, 3.05) is 0 Å². The van der Waals surface area contributed by atoms with Gasteiger partial charge >= 0.3 is 0 Å². The van der Waals surface area contributed by atoms with Gasteiger partial charge in [-0.1, -0.05) is 18.2 Å². The van der Waals surface area contributed by atoms with E-state index in [0.717, 1.165) is 22.7 Å². The first-order valence-electron chi connectivity index (χ1n) is 8.89. The number of benzene rings is 1. The predicted octanol–water partition coefficient (Wildman–Crippen LogP) is 3.05. The first-order valence-corrected chi connectivity index (χ1v) is 8.89. The van der Waals surface area contributed by atoms with Gasteiger partial charge in [0.2, 0.25) is 0 Å². The summed E-state index contributed by atoms with van der Waals surface area (Å²) in [4.78, 5) is 6.37. The highest BCUT2D eigenvalue weighted by Crippen LogP contribution is 2.14. The Balaban J connectivity index is 1.51. The maximum absolute atomic E-state index is 13.1. The molecule has 1 aromatic carbocycles. The molecule has 0 spiro atoms. The summed E-state index contributed by atoms with van der Waals surface area (Å²) in [5, 5.41) is 12.1. The van der Waals surface area contributed by atoms with Gasteiger partial charge in [0.25, 0.3) is 0 Å². The Morgan fingerprint density at radius 3 is 2.61 bits per heavy atom. The molecule has 0 saturated heterocycles. The molecule has 0 fully saturated rings. The Morgan fingerprint density at radius 2 is 1.86 bits per heavy atom. The number of halogens is 1. The smallest absolute Gasteiger partial charge is 0.165 e. The van der Waals surface area contributed by atoms with Crippen molar-refractivity contribution in [2.24, 2.45) is 0 Å². The van der Waals surface area contributed by atoms with Crippen molar-refractivity contribution < 1.29 is 8.81 Å². The molecule has 0 aliphatic rings. The van der Waals surface area contributed by atoms with E-state index < -0.39 is 0 Å². The summed E-state index contributed by atoms with van der Waals surface area (Å²) in [6.45, 7) is 2.30. The molecule has 3 aromatic heterocycles. The van der Waals surface area contributed by atoms with Gasteiger partial charge in [0.15, 0.2) is 5.82 Å². The predicted molar refractivity (Wildman–Crippen MR) is 99.2 cm³/mol. The fourth-order valence-electron chi connectivity index (χ4n) is 2.96. The van der Waals surface area contributed by atoms with Crippen LogP contribution in [0.2, 0.25) is 0 Å². The highest BCUT2D eigenvalue weighted by molar-refractivity contribution is 5.16. The molecule has 0 aliphatic carbocycles. The lowest BCUT2D eigenvalue weighted by Crippen LogP contribution is -2.24. The van der Waals surface area contributed by atoms with Crippen LogP contribution >= 0.6 is 0 Å². The van der Waals surface area contributed by atoms with E-state index >= 15 is 0 Å². The van der Waals surface area contributed by atoms with E-state index in [0.29, 0.717) is 26.2 Å². The summed E-state index contributed by atoms with van der Waals surface area (Å²) in [5.74, 6) is 1.32. The van der Waals surface area contributed by atoms with Gasteiger partial charge in [0.05, 0.1) is 25.9 Å². The van der Waals surface area contributed by atoms with E-state index in [9.17, 15) is 4.39 Å². The van der Waals surface area contributed by atoms with E-state index in [-0.39, 0.29) is 5.82 Å². The molecule has 4 aromatic rings. The molecule has 0 unspecified atom stereocenters. The van der Waals surface area contributed by atoms with Crippen LogP contribution in [0.5, 0.6) is 0 Å². The fourth-order valence-corrected chi connectivity index (χ4v) is 2.96. The van der Waals surface area contributed by atoms with Crippen LogP contribution in [0.1, 0.15) is 22.7 Å². The molecule has 8 heteroatoms. The van der Waals surface area contributed by atoms with Crippen LogP contribution < -0.4 is 0 Å². The zero-order valence-electron chi connectivity index (χ0n) is 15.1. The molecule has 0 bridgehead atoms. The van der Waals surface area contributed by atoms with Crippen LogP contribution in [0.15, 0.2) is 71.6 Å². The molecular formula is C20H19FN6O. The minimum absolute atomic E-state index is 0.262. The third-order valence-electron chi connectivity index (χ3n) is 4.31. The second-order valence-electron chi connectivity index (χ2n) is 6.47. The van der Waals surface area contributed by atoms with Crippen LogP contribution in [-0.4, -0.2) is 30.1 Å². The maximum atomic E-state index is 13.1. The minimum atomic E-state index is -0.262. The zero-order chi connectivity index (χ0) is 19.2. The summed E-state index contributed by atoms with van der Waals surface area (Å²) in [6.07, 6.45) is 5.26. The highest BCUT2D eigenvalue weighted by Gasteiger charge is 2.15. The van der Waals surface area contributed by atoms with Crippen molar-refractivity contribution in [1.82, 2.24) is 30.1 Å². The molecule has 0 amide bonds. The molecule has 3 heterocycles. The molecule has 142 valence electrons. The van der Waals surface area contributed by atoms with Gasteiger partial charge < -0.3 is 4.42 Å². The molecular weight excluding hydrogens is 359 g/mol. The van der Waals surface area contributed by atoms with Crippen molar-refractivity contribution in [1.29, 1.82) is 0 Å². The van der Waals surface area contributed by atoms with Crippen molar-refractivity contribution in [3.63, 3.8) is 0 Å². The van der Waals surface area contributed by atoms with E-state index in [4.69, 9.17) is 4.42 Å². The van der Waals surface area contributed by atoms with Crippen molar-refractivity contribution in [3.05, 3.63) is 95.7 Å². The van der Waals surface area contributed by atoms with Crippen molar-refractivity contribution in [2.45, 2.75) is 26.2 Å². The molecule has 0 atom stereocenters. The van der Waals surface area contributed by atoms with Gasteiger partial charge in [-0.25, -0.2) is 9.07 Å². The summed E-state index contributed by atoms with van der Waals surface area (Å²) < 4.78 is 20.4. The van der Waals surface area contributed by atoms with Gasteiger partial charge in [0.1, 0.15) is 11.6 Å². The first kappa shape index (κ1) is 18.0. The summed E-state index contributed by atoms with van der Waals surface area (Å²) in [5.41, 5.74) is 2.02. The summed E-state index contributed by atoms with van der Waals surface area (Å²) in [7, 11) is 0. The number of furan rings is 1. The van der Waals surface area contributed by atoms with Gasteiger partial charge in [-0.05, 0) is 51.9 Å². The minimum Gasteiger partial charge on any atom is -0.468 e. The Kier molecular flexibility index (Phi) is 5.48. The van der Waals surface area contributed by atoms with Gasteiger partial charge in [-0.2, -0.15) is 0 Å². The lowest BCUT2D eigenvalue weighted by Gasteiger charge is -2.20. The number of pyridine rings is 1. The van der Waals surface area contributed by atoms with Crippen LogP contribution in [0, 0.1) is 5.82 Å². The van der Waals surface area contributed by atoms with Crippen LogP contribution in [0.4, 0.5) is 4.39 Å². The largest absolute Gasteiger partial charge is 0.468 e. The molecule has 0 aliphatic heterocycles. The highest BCUT2D eigenvalue weighted by atomic mass is 19.1. The Bertz CT molecular complexity index is 985. The van der Waals surface area contributed by atoms with E-state index in [2.05, 4.69) is 25.4 Å². The molecule has 0 saturated carbocycles. The average Bonchev–Trinajstić information content (AvgIpc) is 3.37. The van der Waals surface area contributed by atoms with Gasteiger partial charge in [-0.3, -0.25) is 9.88 Å². The second-order valence-corrected chi connectivity index (χ2v) is 6.47. The molecule has 4 rings (SSSR count). The number of hydrogen-bond donors (Lipinski definition) is 0. The number of hydrogen-bond acceptors (Lipinski definition) is 6. The quantitative estimate of drug-likeness (QED) is 0.469. The van der Waals surface area contributed by atoms with Crippen LogP contribution in [0.25, 0.3) is 0 Å².